The molecule has 1 saturated heterocycles. The number of nitrogens with zero attached hydrogens (tertiary/aromatic N) is 3. The lowest BCUT2D eigenvalue weighted by Gasteiger charge is -2.22. The van der Waals surface area contributed by atoms with E-state index < -0.39 is 5.97 Å². The molecule has 21 heavy (non-hydrogen) atoms. The molecular formula is C15H29N3O3. The molecule has 1 rings (SSSR count). The van der Waals surface area contributed by atoms with Gasteiger partial charge in [-0.25, -0.2) is 0 Å². The molecule has 1 aliphatic heterocycles. The highest BCUT2D eigenvalue weighted by Crippen LogP contribution is 2.06. The number of rotatable bonds is 8. The molecule has 0 unspecified atom stereocenters. The van der Waals surface area contributed by atoms with Crippen molar-refractivity contribution in [2.75, 3.05) is 52.4 Å². The molecule has 1 fully saturated rings. The summed E-state index contributed by atoms with van der Waals surface area (Å²) in [4.78, 5) is 28.9. The van der Waals surface area contributed by atoms with Crippen molar-refractivity contribution in [3.63, 3.8) is 0 Å². The summed E-state index contributed by atoms with van der Waals surface area (Å²) in [7, 11) is 0. The van der Waals surface area contributed by atoms with Crippen LogP contribution in [0.4, 0.5) is 0 Å². The van der Waals surface area contributed by atoms with Crippen LogP contribution in [0.2, 0.25) is 0 Å². The van der Waals surface area contributed by atoms with Crippen molar-refractivity contribution in [2.45, 2.75) is 33.1 Å². The Kier molecular flexibility index (Phi) is 8.30. The van der Waals surface area contributed by atoms with E-state index >= 15 is 0 Å². The Hall–Kier alpha value is -1.14. The van der Waals surface area contributed by atoms with Gasteiger partial charge in [0.2, 0.25) is 5.91 Å². The third-order valence-corrected chi connectivity index (χ3v) is 4.02. The van der Waals surface area contributed by atoms with E-state index in [0.717, 1.165) is 58.7 Å². The summed E-state index contributed by atoms with van der Waals surface area (Å²) in [5, 5.41) is 8.83. The first kappa shape index (κ1) is 17.9. The van der Waals surface area contributed by atoms with Gasteiger partial charge in [0.1, 0.15) is 0 Å². The number of carboxylic acids is 1. The second-order valence-corrected chi connectivity index (χ2v) is 5.53. The number of carbonyl (C=O) groups excluding carboxylic acids is 1. The van der Waals surface area contributed by atoms with Crippen LogP contribution in [0.5, 0.6) is 0 Å². The molecule has 0 bridgehead atoms. The summed E-state index contributed by atoms with van der Waals surface area (Å²) in [6.45, 7) is 10.2. The van der Waals surface area contributed by atoms with Crippen molar-refractivity contribution in [1.29, 1.82) is 0 Å². The summed E-state index contributed by atoms with van der Waals surface area (Å²) >= 11 is 0. The Morgan fingerprint density at radius 3 is 2.29 bits per heavy atom. The average Bonchev–Trinajstić information content (AvgIpc) is 2.65. The maximum atomic E-state index is 11.9. The van der Waals surface area contributed by atoms with Crippen molar-refractivity contribution < 1.29 is 14.7 Å². The fourth-order valence-electron chi connectivity index (χ4n) is 2.79. The van der Waals surface area contributed by atoms with E-state index in [-0.39, 0.29) is 12.5 Å². The Morgan fingerprint density at radius 1 is 1.05 bits per heavy atom. The minimum absolute atomic E-state index is 0.133. The molecule has 0 radical (unpaired) electrons. The third-order valence-electron chi connectivity index (χ3n) is 4.02. The standard InChI is InChI=1S/C15H29N3O3/c1-3-18(4-2)14(19)7-5-8-16-9-6-10-17(12-11-16)13-15(20)21/h3-13H2,1-2H3,(H,20,21). The topological polar surface area (TPSA) is 64.1 Å². The summed E-state index contributed by atoms with van der Waals surface area (Å²) in [5.41, 5.74) is 0. The lowest BCUT2D eigenvalue weighted by molar-refractivity contribution is -0.138. The monoisotopic (exact) mass is 299 g/mol. The fraction of sp³-hybridized carbons (Fsp3) is 0.867. The Balaban J connectivity index is 2.24. The predicted octanol–water partition coefficient (Wildman–Crippen LogP) is 0.727. The van der Waals surface area contributed by atoms with E-state index in [4.69, 9.17) is 5.11 Å². The van der Waals surface area contributed by atoms with Gasteiger partial charge < -0.3 is 14.9 Å². The lowest BCUT2D eigenvalue weighted by atomic mass is 10.2. The van der Waals surface area contributed by atoms with Crippen LogP contribution in [0.25, 0.3) is 0 Å². The van der Waals surface area contributed by atoms with Crippen LogP contribution in [0, 0.1) is 0 Å². The molecule has 0 aromatic carbocycles. The SMILES string of the molecule is CCN(CC)C(=O)CCCN1CCCN(CC(=O)O)CC1. The van der Waals surface area contributed by atoms with E-state index in [0.29, 0.717) is 6.42 Å². The second kappa shape index (κ2) is 9.73. The van der Waals surface area contributed by atoms with Gasteiger partial charge >= 0.3 is 5.97 Å². The van der Waals surface area contributed by atoms with Gasteiger partial charge in [-0.1, -0.05) is 0 Å². The predicted molar refractivity (Wildman–Crippen MR) is 82.3 cm³/mol. The zero-order chi connectivity index (χ0) is 15.7. The maximum Gasteiger partial charge on any atom is 0.317 e. The van der Waals surface area contributed by atoms with Crippen LogP contribution in [-0.2, 0) is 9.59 Å². The summed E-state index contributed by atoms with van der Waals surface area (Å²) in [6.07, 6.45) is 2.49. The maximum absolute atomic E-state index is 11.9. The molecule has 0 aliphatic carbocycles. The zero-order valence-electron chi connectivity index (χ0n) is 13.4. The molecule has 6 heteroatoms. The molecule has 0 aromatic rings. The normalized spacial score (nSPS) is 17.4. The molecule has 122 valence electrons. The lowest BCUT2D eigenvalue weighted by Crippen LogP contribution is -2.35. The average molecular weight is 299 g/mol. The van der Waals surface area contributed by atoms with E-state index in [9.17, 15) is 9.59 Å². The van der Waals surface area contributed by atoms with Gasteiger partial charge in [0.25, 0.3) is 0 Å². The molecule has 0 aromatic heterocycles. The van der Waals surface area contributed by atoms with Gasteiger partial charge in [-0.2, -0.15) is 0 Å². The Labute approximate surface area is 127 Å². The number of carbonyl (C=O) groups is 2. The molecule has 0 atom stereocenters. The van der Waals surface area contributed by atoms with Crippen molar-refractivity contribution in [3.8, 4) is 0 Å². The molecule has 1 amide bonds. The first-order chi connectivity index (χ1) is 10.1. The molecule has 0 spiro atoms. The third kappa shape index (κ3) is 6.91. The summed E-state index contributed by atoms with van der Waals surface area (Å²) in [5.74, 6) is -0.518. The summed E-state index contributed by atoms with van der Waals surface area (Å²) < 4.78 is 0. The van der Waals surface area contributed by atoms with Crippen molar-refractivity contribution >= 4 is 11.9 Å². The van der Waals surface area contributed by atoms with Gasteiger partial charge in [0, 0.05) is 39.1 Å². The molecule has 1 N–H and O–H groups in total. The number of amides is 1. The van der Waals surface area contributed by atoms with Crippen LogP contribution in [0.3, 0.4) is 0 Å². The van der Waals surface area contributed by atoms with Gasteiger partial charge in [-0.3, -0.25) is 14.5 Å². The van der Waals surface area contributed by atoms with Gasteiger partial charge in [0.05, 0.1) is 6.54 Å². The highest BCUT2D eigenvalue weighted by Gasteiger charge is 2.17. The van der Waals surface area contributed by atoms with Crippen LogP contribution < -0.4 is 0 Å². The highest BCUT2D eigenvalue weighted by molar-refractivity contribution is 5.76. The van der Waals surface area contributed by atoms with E-state index in [1.807, 2.05) is 23.6 Å². The minimum Gasteiger partial charge on any atom is -0.480 e. The Bertz CT molecular complexity index is 332. The molecule has 1 heterocycles. The van der Waals surface area contributed by atoms with Crippen LogP contribution in [0.1, 0.15) is 33.1 Å². The number of aliphatic carboxylic acids is 1. The van der Waals surface area contributed by atoms with E-state index in [1.165, 1.54) is 0 Å². The van der Waals surface area contributed by atoms with E-state index in [1.54, 1.807) is 0 Å². The van der Waals surface area contributed by atoms with E-state index in [2.05, 4.69) is 4.90 Å². The van der Waals surface area contributed by atoms with Gasteiger partial charge in [-0.05, 0) is 39.8 Å². The van der Waals surface area contributed by atoms with Gasteiger partial charge in [0.15, 0.2) is 0 Å². The second-order valence-electron chi connectivity index (χ2n) is 5.53. The van der Waals surface area contributed by atoms with Crippen LogP contribution >= 0.6 is 0 Å². The summed E-state index contributed by atoms with van der Waals surface area (Å²) in [6, 6.07) is 0. The van der Waals surface area contributed by atoms with Crippen molar-refractivity contribution in [3.05, 3.63) is 0 Å². The van der Waals surface area contributed by atoms with Gasteiger partial charge in [-0.15, -0.1) is 0 Å². The zero-order valence-corrected chi connectivity index (χ0v) is 13.4. The molecule has 0 saturated carbocycles. The molecular weight excluding hydrogens is 270 g/mol. The molecule has 6 nitrogen and oxygen atoms in total. The number of hydrogen-bond donors (Lipinski definition) is 1. The smallest absolute Gasteiger partial charge is 0.317 e. The number of carboxylic acid groups (broad SMARTS) is 1. The quantitative estimate of drug-likeness (QED) is 0.716. The fourth-order valence-corrected chi connectivity index (χ4v) is 2.79. The largest absolute Gasteiger partial charge is 0.480 e. The molecule has 1 aliphatic rings. The van der Waals surface area contributed by atoms with Crippen LogP contribution in [-0.4, -0.2) is 84.0 Å². The highest BCUT2D eigenvalue weighted by atomic mass is 16.4. The first-order valence-corrected chi connectivity index (χ1v) is 8.01. The minimum atomic E-state index is -0.756. The first-order valence-electron chi connectivity index (χ1n) is 8.01. The number of hydrogen-bond acceptors (Lipinski definition) is 4. The van der Waals surface area contributed by atoms with Crippen LogP contribution in [0.15, 0.2) is 0 Å². The van der Waals surface area contributed by atoms with Crippen molar-refractivity contribution in [1.82, 2.24) is 14.7 Å². The van der Waals surface area contributed by atoms with Crippen molar-refractivity contribution in [2.24, 2.45) is 0 Å². The Morgan fingerprint density at radius 2 is 1.67 bits per heavy atom.